The van der Waals surface area contributed by atoms with Crippen molar-refractivity contribution in [2.75, 3.05) is 49.2 Å². The van der Waals surface area contributed by atoms with Crippen molar-refractivity contribution in [1.82, 2.24) is 25.2 Å². The van der Waals surface area contributed by atoms with E-state index in [-0.39, 0.29) is 52.0 Å². The first-order valence-corrected chi connectivity index (χ1v) is 33.4. The van der Waals surface area contributed by atoms with Crippen LogP contribution in [0.2, 0.25) is 0 Å². The summed E-state index contributed by atoms with van der Waals surface area (Å²) in [7, 11) is 0. The maximum absolute atomic E-state index is 15.2. The van der Waals surface area contributed by atoms with E-state index in [1.165, 1.54) is 4.68 Å². The largest absolute Gasteiger partial charge is 0.461 e. The van der Waals surface area contributed by atoms with Gasteiger partial charge in [0.1, 0.15) is 73.5 Å². The van der Waals surface area contributed by atoms with Gasteiger partial charge in [0.2, 0.25) is 0 Å². The van der Waals surface area contributed by atoms with Crippen molar-refractivity contribution in [2.24, 2.45) is 0 Å². The molecule has 9 aromatic rings. The van der Waals surface area contributed by atoms with Crippen LogP contribution in [0.25, 0.3) is 0 Å². The molecule has 12 rings (SSSR count). The van der Waals surface area contributed by atoms with E-state index in [2.05, 4.69) is 89.5 Å². The van der Waals surface area contributed by atoms with Crippen molar-refractivity contribution >= 4 is 35.3 Å². The van der Waals surface area contributed by atoms with Gasteiger partial charge in [-0.15, -0.1) is 5.10 Å². The van der Waals surface area contributed by atoms with Gasteiger partial charge in [0.05, 0.1) is 39.2 Å². The third kappa shape index (κ3) is 15.6. The van der Waals surface area contributed by atoms with E-state index in [1.54, 1.807) is 6.20 Å². The summed E-state index contributed by atoms with van der Waals surface area (Å²) in [5.74, 6) is -0.449. The number of carbonyl (C=O) groups is 4. The Kier molecular flexibility index (Phi) is 22.3. The van der Waals surface area contributed by atoms with Gasteiger partial charge in [0, 0.05) is 66.4 Å². The lowest BCUT2D eigenvalue weighted by Crippen LogP contribution is -2.62. The number of rotatable bonds is 30. The average molecular weight is 1320 g/mol. The fourth-order valence-corrected chi connectivity index (χ4v) is 12.9. The Bertz CT molecular complexity index is 4040. The maximum atomic E-state index is 15.2. The van der Waals surface area contributed by atoms with E-state index in [1.807, 2.05) is 181 Å². The van der Waals surface area contributed by atoms with E-state index < -0.39 is 73.5 Å². The molecule has 1 aromatic heterocycles. The standard InChI is InChI=1S/C78H81N7O13/c1-5-82(6-2)60-38-40-64-67(42-60)97-68-43-61(83(7-3)8-4)39-41-65(68)78(64)63-37-25-24-36-62(63)74(87)85(78)45-59-44-84(81-80-59)46-70(86)90-53-69-71(91-47-54-26-14-9-15-27-54)72(92-48-55-28-16-10-17-29-55)73(93-49-56-30-18-11-19-31-56)76(98-69)95-52-66(75(88)94-50-57-32-20-12-21-33-57)79-77(89)96-51-58-34-22-13-23-35-58/h9-44,66,69,71-73,76H,5-8,45-53H2,1-4H3,(H,79,89)/t66-,69+,71-,72-,73+,76?/m0/s1. The van der Waals surface area contributed by atoms with Gasteiger partial charge in [0.15, 0.2) is 12.3 Å². The quantitative estimate of drug-likeness (QED) is 0.0328. The Hall–Kier alpha value is -10.2. The van der Waals surface area contributed by atoms with E-state index >= 15 is 4.79 Å². The number of carbonyl (C=O) groups excluding carboxylic acids is 4. The normalized spacial score (nSPS) is 17.6. The molecule has 2 amide bonds. The molecular weight excluding hydrogens is 1240 g/mol. The topological polar surface area (TPSA) is 204 Å². The minimum atomic E-state index is -1.43. The summed E-state index contributed by atoms with van der Waals surface area (Å²) in [4.78, 5) is 63.9. The SMILES string of the molecule is CCN(CC)c1ccc2c(c1)Oc1cc(N(CC)CC)ccc1C21c2ccccc2C(=O)N1Cc1cn(CC(=O)OC[C@H]2OC(OC[C@H](NC(=O)OCc3ccccc3)C(=O)OCc3ccccc3)[C@H](OCc3ccccc3)[C@@H](OCc3ccccc3)[C@H]2OCc2ccccc2)nn1. The third-order valence-electron chi connectivity index (χ3n) is 17.9. The molecule has 0 bridgehead atoms. The Morgan fingerprint density at radius 1 is 0.541 bits per heavy atom. The predicted octanol–water partition coefficient (Wildman–Crippen LogP) is 12.1. The number of benzene rings is 8. The highest BCUT2D eigenvalue weighted by Crippen LogP contribution is 2.59. The summed E-state index contributed by atoms with van der Waals surface area (Å²) < 4.78 is 60.1. The molecule has 0 radical (unpaired) electrons. The zero-order chi connectivity index (χ0) is 67.8. The molecular formula is C78H81N7O13. The van der Waals surface area contributed by atoms with Crippen LogP contribution in [0.1, 0.15) is 88.3 Å². The minimum absolute atomic E-state index is 0.00263. The summed E-state index contributed by atoms with van der Waals surface area (Å²) in [6, 6.07) is 65.7. The van der Waals surface area contributed by atoms with Crippen molar-refractivity contribution in [2.45, 2.75) is 116 Å². The van der Waals surface area contributed by atoms with E-state index in [0.29, 0.717) is 22.8 Å². The number of amides is 2. The number of fused-ring (bicyclic) bond motifs is 6. The molecule has 6 atom stereocenters. The molecule has 1 N–H and O–H groups in total. The van der Waals surface area contributed by atoms with Gasteiger partial charge in [0.25, 0.3) is 5.91 Å². The maximum Gasteiger partial charge on any atom is 0.408 e. The second-order valence-corrected chi connectivity index (χ2v) is 24.1. The first-order valence-electron chi connectivity index (χ1n) is 33.4. The van der Waals surface area contributed by atoms with Crippen LogP contribution in [0.5, 0.6) is 11.5 Å². The molecule has 8 aromatic carbocycles. The summed E-state index contributed by atoms with van der Waals surface area (Å²) in [6.07, 6.45) is -4.81. The molecule has 98 heavy (non-hydrogen) atoms. The van der Waals surface area contributed by atoms with Gasteiger partial charge < -0.3 is 62.6 Å². The Morgan fingerprint density at radius 3 is 1.55 bits per heavy atom. The van der Waals surface area contributed by atoms with Gasteiger partial charge in [-0.25, -0.2) is 14.3 Å². The smallest absolute Gasteiger partial charge is 0.408 e. The Labute approximate surface area is 570 Å². The van der Waals surface area contributed by atoms with Gasteiger partial charge in [-0.05, 0) is 79.3 Å². The lowest BCUT2D eigenvalue weighted by atomic mass is 9.74. The molecule has 3 aliphatic rings. The third-order valence-corrected chi connectivity index (χ3v) is 17.9. The van der Waals surface area contributed by atoms with Gasteiger partial charge >= 0.3 is 18.0 Å². The highest BCUT2D eigenvalue weighted by molar-refractivity contribution is 6.02. The molecule has 1 spiro atoms. The van der Waals surface area contributed by atoms with Crippen LogP contribution in [0.4, 0.5) is 16.2 Å². The number of nitrogens with zero attached hydrogens (tertiary/aromatic N) is 6. The van der Waals surface area contributed by atoms with Crippen LogP contribution in [0, 0.1) is 0 Å². The minimum Gasteiger partial charge on any atom is -0.461 e. The van der Waals surface area contributed by atoms with Crippen LogP contribution in [0.15, 0.2) is 219 Å². The number of alkyl carbamates (subject to hydrolysis) is 1. The molecule has 0 saturated carbocycles. The van der Waals surface area contributed by atoms with Crippen molar-refractivity contribution in [1.29, 1.82) is 0 Å². The van der Waals surface area contributed by atoms with Crippen LogP contribution < -0.4 is 19.9 Å². The summed E-state index contributed by atoms with van der Waals surface area (Å²) in [5.41, 5.74) is 8.18. The fourth-order valence-electron chi connectivity index (χ4n) is 12.9. The van der Waals surface area contributed by atoms with Crippen molar-refractivity contribution in [3.05, 3.63) is 274 Å². The molecule has 506 valence electrons. The number of anilines is 2. The van der Waals surface area contributed by atoms with Crippen LogP contribution in [-0.2, 0) is 99.1 Å². The van der Waals surface area contributed by atoms with Crippen LogP contribution >= 0.6 is 0 Å². The number of esters is 2. The zero-order valence-corrected chi connectivity index (χ0v) is 55.4. The van der Waals surface area contributed by atoms with Crippen LogP contribution in [-0.4, -0.2) is 120 Å². The number of nitrogens with one attached hydrogen (secondary N) is 1. The zero-order valence-electron chi connectivity index (χ0n) is 55.4. The van der Waals surface area contributed by atoms with E-state index in [9.17, 15) is 14.4 Å². The van der Waals surface area contributed by atoms with Crippen LogP contribution in [0.3, 0.4) is 0 Å². The first-order chi connectivity index (χ1) is 48.0. The monoisotopic (exact) mass is 1320 g/mol. The Balaban J connectivity index is 0.835. The average Bonchev–Trinajstić information content (AvgIpc) is 1.46. The summed E-state index contributed by atoms with van der Waals surface area (Å²) >= 11 is 0. The molecule has 20 nitrogen and oxygen atoms in total. The summed E-state index contributed by atoms with van der Waals surface area (Å²) in [5, 5.41) is 11.7. The van der Waals surface area contributed by atoms with Crippen molar-refractivity contribution in [3.8, 4) is 11.5 Å². The molecule has 0 aliphatic carbocycles. The number of ether oxygens (including phenoxy) is 9. The van der Waals surface area contributed by atoms with E-state index in [4.69, 9.17) is 42.6 Å². The second-order valence-electron chi connectivity index (χ2n) is 24.1. The summed E-state index contributed by atoms with van der Waals surface area (Å²) in [6.45, 7) is 10.5. The molecule has 3 aliphatic heterocycles. The highest BCUT2D eigenvalue weighted by atomic mass is 16.7. The lowest BCUT2D eigenvalue weighted by Gasteiger charge is -2.45. The lowest BCUT2D eigenvalue weighted by molar-refractivity contribution is -0.327. The fraction of sp³-hybridized carbons (Fsp3) is 0.308. The predicted molar refractivity (Wildman–Crippen MR) is 367 cm³/mol. The molecule has 4 heterocycles. The molecule has 1 saturated heterocycles. The van der Waals surface area contributed by atoms with E-state index in [0.717, 1.165) is 82.1 Å². The first kappa shape index (κ1) is 67.7. The van der Waals surface area contributed by atoms with Gasteiger partial charge in [-0.3, -0.25) is 9.59 Å². The number of hydrogen-bond donors (Lipinski definition) is 1. The molecule has 1 fully saturated rings. The number of hydrogen-bond acceptors (Lipinski definition) is 17. The van der Waals surface area contributed by atoms with Gasteiger partial charge in [-0.2, -0.15) is 0 Å². The van der Waals surface area contributed by atoms with Crippen molar-refractivity contribution in [3.63, 3.8) is 0 Å². The molecule has 20 heteroatoms. The van der Waals surface area contributed by atoms with Gasteiger partial charge in [-0.1, -0.05) is 187 Å². The Morgan fingerprint density at radius 2 is 1.02 bits per heavy atom. The second kappa shape index (κ2) is 32.2. The number of aromatic nitrogens is 3. The molecule has 1 unspecified atom stereocenters. The highest BCUT2D eigenvalue weighted by Gasteiger charge is 2.57. The van der Waals surface area contributed by atoms with Crippen molar-refractivity contribution < 1.29 is 61.8 Å².